The second-order valence-corrected chi connectivity index (χ2v) is 7.46. The van der Waals surface area contributed by atoms with Gasteiger partial charge in [-0.25, -0.2) is 0 Å². The topological polar surface area (TPSA) is 78.2 Å². The highest BCUT2D eigenvalue weighted by molar-refractivity contribution is 6.09. The van der Waals surface area contributed by atoms with Gasteiger partial charge in [-0.2, -0.15) is 5.26 Å². The Balaban J connectivity index is 2.38. The van der Waals surface area contributed by atoms with Crippen LogP contribution in [0.4, 0.5) is 0 Å². The van der Waals surface area contributed by atoms with Crippen LogP contribution in [0.3, 0.4) is 0 Å². The Hall–Kier alpha value is -2.25. The summed E-state index contributed by atoms with van der Waals surface area (Å²) in [4.78, 5) is 24.7. The molecule has 0 radical (unpaired) electrons. The van der Waals surface area contributed by atoms with E-state index in [0.717, 1.165) is 5.57 Å². The zero-order chi connectivity index (χ0) is 17.2. The Morgan fingerprint density at radius 1 is 1.09 bits per heavy atom. The van der Waals surface area contributed by atoms with Gasteiger partial charge in [0, 0.05) is 10.8 Å². The average molecular weight is 309 g/mol. The molecule has 0 amide bonds. The van der Waals surface area contributed by atoms with Crippen molar-refractivity contribution >= 4 is 11.6 Å². The molecule has 0 spiro atoms. The van der Waals surface area contributed by atoms with Crippen molar-refractivity contribution in [2.45, 2.75) is 33.8 Å². The Kier molecular flexibility index (Phi) is 2.99. The summed E-state index contributed by atoms with van der Waals surface area (Å²) in [6.07, 6.45) is 6.89. The number of carbonyl (C=O) groups excluding carboxylic acids is 2. The van der Waals surface area contributed by atoms with Crippen molar-refractivity contribution in [2.75, 3.05) is 0 Å². The van der Waals surface area contributed by atoms with E-state index in [0.29, 0.717) is 5.57 Å². The molecule has 3 rings (SSSR count). The van der Waals surface area contributed by atoms with Crippen LogP contribution in [0, 0.1) is 27.6 Å². The highest BCUT2D eigenvalue weighted by atomic mass is 16.3. The van der Waals surface area contributed by atoms with E-state index in [9.17, 15) is 20.0 Å². The van der Waals surface area contributed by atoms with Crippen LogP contribution in [-0.2, 0) is 9.59 Å². The summed E-state index contributed by atoms with van der Waals surface area (Å²) in [7, 11) is 0. The molecule has 1 N–H and O–H groups in total. The van der Waals surface area contributed by atoms with E-state index in [4.69, 9.17) is 0 Å². The SMILES string of the molecule is CC12C=CC(=O)C=C1C1(C)C=C(C#N)C(O)C(C)(C)C1=CC2=O. The van der Waals surface area contributed by atoms with Crippen molar-refractivity contribution in [3.63, 3.8) is 0 Å². The molecule has 23 heavy (non-hydrogen) atoms. The quantitative estimate of drug-likeness (QED) is 0.745. The lowest BCUT2D eigenvalue weighted by Crippen LogP contribution is -2.50. The lowest BCUT2D eigenvalue weighted by Gasteiger charge is -2.53. The van der Waals surface area contributed by atoms with Crippen molar-refractivity contribution in [1.82, 2.24) is 0 Å². The summed E-state index contributed by atoms with van der Waals surface area (Å²) in [5.41, 5.74) is -0.704. The number of rotatable bonds is 0. The average Bonchev–Trinajstić information content (AvgIpc) is 2.49. The molecule has 3 atom stereocenters. The maximum Gasteiger partial charge on any atom is 0.178 e. The number of nitrogens with zero attached hydrogens (tertiary/aromatic N) is 1. The maximum absolute atomic E-state index is 12.8. The van der Waals surface area contributed by atoms with E-state index in [1.165, 1.54) is 12.2 Å². The van der Waals surface area contributed by atoms with Crippen LogP contribution in [0.1, 0.15) is 27.7 Å². The fourth-order valence-corrected chi connectivity index (χ4v) is 4.19. The Morgan fingerprint density at radius 2 is 1.74 bits per heavy atom. The first-order valence-corrected chi connectivity index (χ1v) is 7.61. The van der Waals surface area contributed by atoms with Gasteiger partial charge in [0.1, 0.15) is 0 Å². The molecule has 3 aliphatic rings. The Labute approximate surface area is 135 Å². The summed E-state index contributed by atoms with van der Waals surface area (Å²) in [5, 5.41) is 19.9. The van der Waals surface area contributed by atoms with E-state index < -0.39 is 22.3 Å². The molecule has 3 unspecified atom stereocenters. The van der Waals surface area contributed by atoms with Gasteiger partial charge in [0.25, 0.3) is 0 Å². The predicted octanol–water partition coefficient (Wildman–Crippen LogP) is 2.42. The van der Waals surface area contributed by atoms with Gasteiger partial charge in [-0.1, -0.05) is 26.0 Å². The summed E-state index contributed by atoms with van der Waals surface area (Å²) in [6.45, 7) is 7.35. The second-order valence-electron chi connectivity index (χ2n) is 7.46. The van der Waals surface area contributed by atoms with Crippen molar-refractivity contribution in [1.29, 1.82) is 5.26 Å². The monoisotopic (exact) mass is 309 g/mol. The van der Waals surface area contributed by atoms with E-state index in [1.807, 2.05) is 20.8 Å². The van der Waals surface area contributed by atoms with Gasteiger partial charge in [0.2, 0.25) is 0 Å². The first-order chi connectivity index (χ1) is 10.6. The van der Waals surface area contributed by atoms with E-state index >= 15 is 0 Å². The lowest BCUT2D eigenvalue weighted by atomic mass is 9.50. The van der Waals surface area contributed by atoms with E-state index in [2.05, 4.69) is 6.07 Å². The molecular weight excluding hydrogens is 290 g/mol. The zero-order valence-electron chi connectivity index (χ0n) is 13.7. The molecular formula is C19H19NO3. The lowest BCUT2D eigenvalue weighted by molar-refractivity contribution is -0.120. The van der Waals surface area contributed by atoms with Gasteiger partial charge in [-0.15, -0.1) is 0 Å². The number of fused-ring (bicyclic) bond motifs is 3. The third kappa shape index (κ3) is 1.80. The van der Waals surface area contributed by atoms with Crippen LogP contribution in [0.25, 0.3) is 0 Å². The molecule has 0 fully saturated rings. The van der Waals surface area contributed by atoms with Gasteiger partial charge in [0.15, 0.2) is 11.6 Å². The number of aliphatic hydroxyl groups excluding tert-OH is 1. The highest BCUT2D eigenvalue weighted by Crippen LogP contribution is 2.60. The smallest absolute Gasteiger partial charge is 0.178 e. The number of hydrogen-bond donors (Lipinski definition) is 1. The number of aliphatic hydroxyl groups is 1. The molecule has 0 aromatic rings. The van der Waals surface area contributed by atoms with Crippen molar-refractivity contribution in [2.24, 2.45) is 16.2 Å². The minimum Gasteiger partial charge on any atom is -0.387 e. The summed E-state index contributed by atoms with van der Waals surface area (Å²) in [6, 6.07) is 2.07. The molecule has 4 nitrogen and oxygen atoms in total. The van der Waals surface area contributed by atoms with Crippen molar-refractivity contribution in [3.05, 3.63) is 47.1 Å². The summed E-state index contributed by atoms with van der Waals surface area (Å²) in [5.74, 6) is -0.266. The molecule has 0 aromatic heterocycles. The Bertz CT molecular complexity index is 803. The highest BCUT2D eigenvalue weighted by Gasteiger charge is 2.56. The van der Waals surface area contributed by atoms with Gasteiger partial charge >= 0.3 is 0 Å². The van der Waals surface area contributed by atoms with Crippen LogP contribution < -0.4 is 0 Å². The first kappa shape index (κ1) is 15.6. The van der Waals surface area contributed by atoms with Crippen molar-refractivity contribution in [3.8, 4) is 6.07 Å². The number of ketones is 2. The van der Waals surface area contributed by atoms with E-state index in [1.54, 1.807) is 25.2 Å². The van der Waals surface area contributed by atoms with Crippen LogP contribution in [0.15, 0.2) is 47.1 Å². The maximum atomic E-state index is 12.8. The predicted molar refractivity (Wildman–Crippen MR) is 85.0 cm³/mol. The Morgan fingerprint density at radius 3 is 2.35 bits per heavy atom. The standard InChI is InChI=1S/C19H19NO3/c1-17(2)13-8-15(22)18(3)6-5-12(21)7-14(18)19(13,4)9-11(10-20)16(17)23/h5-9,16,23H,1-4H3. The molecule has 0 saturated heterocycles. The molecule has 118 valence electrons. The molecule has 0 bridgehead atoms. The number of allylic oxidation sites excluding steroid dienone is 6. The normalized spacial score (nSPS) is 37.9. The number of carbonyl (C=O) groups is 2. The van der Waals surface area contributed by atoms with Gasteiger partial charge in [0.05, 0.1) is 23.2 Å². The molecule has 3 aliphatic carbocycles. The molecule has 0 aliphatic heterocycles. The van der Waals surface area contributed by atoms with Crippen molar-refractivity contribution < 1.29 is 14.7 Å². The second kappa shape index (κ2) is 4.39. The molecule has 4 heteroatoms. The third-order valence-corrected chi connectivity index (χ3v) is 5.58. The minimum atomic E-state index is -0.973. The number of nitriles is 1. The molecule has 0 heterocycles. The minimum absolute atomic E-state index is 0.103. The zero-order valence-corrected chi connectivity index (χ0v) is 13.7. The molecule has 0 aromatic carbocycles. The first-order valence-electron chi connectivity index (χ1n) is 7.61. The fraction of sp³-hybridized carbons (Fsp3) is 0.421. The largest absolute Gasteiger partial charge is 0.387 e. The fourth-order valence-electron chi connectivity index (χ4n) is 4.19. The van der Waals surface area contributed by atoms with Crippen LogP contribution in [0.5, 0.6) is 0 Å². The third-order valence-electron chi connectivity index (χ3n) is 5.58. The van der Waals surface area contributed by atoms with Gasteiger partial charge in [-0.3, -0.25) is 9.59 Å². The summed E-state index contributed by atoms with van der Waals surface area (Å²) >= 11 is 0. The number of hydrogen-bond acceptors (Lipinski definition) is 4. The summed E-state index contributed by atoms with van der Waals surface area (Å²) < 4.78 is 0. The van der Waals surface area contributed by atoms with Crippen LogP contribution in [-0.4, -0.2) is 22.8 Å². The van der Waals surface area contributed by atoms with Crippen LogP contribution in [0.2, 0.25) is 0 Å². The van der Waals surface area contributed by atoms with Crippen LogP contribution >= 0.6 is 0 Å². The van der Waals surface area contributed by atoms with Gasteiger partial charge in [-0.05, 0) is 43.2 Å². The van der Waals surface area contributed by atoms with Gasteiger partial charge < -0.3 is 5.11 Å². The van der Waals surface area contributed by atoms with E-state index in [-0.39, 0.29) is 17.1 Å². The molecule has 0 saturated carbocycles.